The average Bonchev–Trinajstić information content (AvgIpc) is 2.35. The summed E-state index contributed by atoms with van der Waals surface area (Å²) in [6.45, 7) is 2.82. The summed E-state index contributed by atoms with van der Waals surface area (Å²) in [5.41, 5.74) is 0. The van der Waals surface area contributed by atoms with Gasteiger partial charge in [-0.2, -0.15) is 12.6 Å². The smallest absolute Gasteiger partial charge is 0.315 e. The van der Waals surface area contributed by atoms with Crippen LogP contribution in [0.25, 0.3) is 0 Å². The fourth-order valence-corrected chi connectivity index (χ4v) is 1.91. The van der Waals surface area contributed by atoms with Crippen LogP contribution in [0.15, 0.2) is 0 Å². The van der Waals surface area contributed by atoms with Crippen molar-refractivity contribution in [3.63, 3.8) is 0 Å². The summed E-state index contributed by atoms with van der Waals surface area (Å²) >= 11 is 3.85. The van der Waals surface area contributed by atoms with Crippen LogP contribution >= 0.6 is 12.6 Å². The molecule has 2 nitrogen and oxygen atoms in total. The van der Waals surface area contributed by atoms with Crippen LogP contribution < -0.4 is 0 Å². The largest absolute Gasteiger partial charge is 0.465 e. The SMILES string of the molecule is CCCCCCCCCCCCOC(=O)CS.[Cu]. The van der Waals surface area contributed by atoms with Gasteiger partial charge in [0, 0.05) is 17.1 Å². The first-order chi connectivity index (χ1) is 8.31. The summed E-state index contributed by atoms with van der Waals surface area (Å²) in [7, 11) is 0. The van der Waals surface area contributed by atoms with Crippen molar-refractivity contribution < 1.29 is 26.6 Å². The molecule has 4 heteroatoms. The summed E-state index contributed by atoms with van der Waals surface area (Å²) in [4.78, 5) is 10.8. The van der Waals surface area contributed by atoms with Crippen LogP contribution in [0.4, 0.5) is 0 Å². The standard InChI is InChI=1S/C14H28O2S.Cu/c1-2-3-4-5-6-7-8-9-10-11-12-16-14(15)13-17;/h17H,2-13H2,1H3;. The van der Waals surface area contributed by atoms with E-state index in [2.05, 4.69) is 19.6 Å². The molecule has 1 radical (unpaired) electrons. The van der Waals surface area contributed by atoms with Gasteiger partial charge in [-0.05, 0) is 6.42 Å². The molecule has 113 valence electrons. The second kappa shape index (κ2) is 17.3. The second-order valence-corrected chi connectivity index (χ2v) is 4.88. The first-order valence-corrected chi connectivity index (χ1v) is 7.71. The van der Waals surface area contributed by atoms with E-state index in [4.69, 9.17) is 4.74 Å². The molecule has 0 rings (SSSR count). The van der Waals surface area contributed by atoms with Gasteiger partial charge in [0.1, 0.15) is 0 Å². The maximum Gasteiger partial charge on any atom is 0.315 e. The Bertz CT molecular complexity index is 177. The molecule has 0 aromatic heterocycles. The van der Waals surface area contributed by atoms with E-state index >= 15 is 0 Å². The Balaban J connectivity index is 0. The molecule has 0 aromatic carbocycles. The van der Waals surface area contributed by atoms with Gasteiger partial charge in [0.05, 0.1) is 12.4 Å². The minimum absolute atomic E-state index is 0. The molecule has 0 aromatic rings. The number of hydrogen-bond donors (Lipinski definition) is 1. The zero-order valence-corrected chi connectivity index (χ0v) is 13.4. The van der Waals surface area contributed by atoms with Gasteiger partial charge in [0.25, 0.3) is 0 Å². The van der Waals surface area contributed by atoms with Crippen LogP contribution in [-0.4, -0.2) is 18.3 Å². The van der Waals surface area contributed by atoms with Gasteiger partial charge in [0.15, 0.2) is 0 Å². The normalized spacial score (nSPS) is 9.89. The number of hydrogen-bond acceptors (Lipinski definition) is 3. The van der Waals surface area contributed by atoms with E-state index in [-0.39, 0.29) is 28.8 Å². The summed E-state index contributed by atoms with van der Waals surface area (Å²) < 4.78 is 4.95. The van der Waals surface area contributed by atoms with Crippen molar-refractivity contribution in [1.82, 2.24) is 0 Å². The molecule has 0 aliphatic rings. The Kier molecular flexibility index (Phi) is 19.9. The monoisotopic (exact) mass is 323 g/mol. The van der Waals surface area contributed by atoms with Gasteiger partial charge in [-0.3, -0.25) is 4.79 Å². The third-order valence-electron chi connectivity index (χ3n) is 2.89. The predicted octanol–water partition coefficient (Wildman–Crippen LogP) is 4.38. The Labute approximate surface area is 129 Å². The van der Waals surface area contributed by atoms with E-state index in [0.29, 0.717) is 6.61 Å². The zero-order chi connectivity index (χ0) is 12.8. The Morgan fingerprint density at radius 3 is 1.78 bits per heavy atom. The number of rotatable bonds is 12. The summed E-state index contributed by atoms with van der Waals surface area (Å²) in [6, 6.07) is 0. The topological polar surface area (TPSA) is 26.3 Å². The molecule has 0 aliphatic carbocycles. The van der Waals surface area contributed by atoms with E-state index in [0.717, 1.165) is 6.42 Å². The molecule has 0 saturated heterocycles. The second-order valence-electron chi connectivity index (χ2n) is 4.56. The van der Waals surface area contributed by atoms with E-state index in [9.17, 15) is 4.79 Å². The molecular formula is C14H28CuO2S. The van der Waals surface area contributed by atoms with E-state index in [1.54, 1.807) is 0 Å². The third-order valence-corrected chi connectivity index (χ3v) is 3.15. The van der Waals surface area contributed by atoms with Crippen LogP contribution in [0.2, 0.25) is 0 Å². The number of thiol groups is 1. The van der Waals surface area contributed by atoms with Crippen molar-refractivity contribution in [3.8, 4) is 0 Å². The van der Waals surface area contributed by atoms with Crippen LogP contribution in [0, 0.1) is 0 Å². The fourth-order valence-electron chi connectivity index (χ4n) is 1.82. The number of carbonyl (C=O) groups is 1. The quantitative estimate of drug-likeness (QED) is 0.250. The van der Waals surface area contributed by atoms with Crippen LogP contribution in [-0.2, 0) is 26.6 Å². The van der Waals surface area contributed by atoms with Gasteiger partial charge < -0.3 is 4.74 Å². The molecule has 0 bridgehead atoms. The molecule has 0 N–H and O–H groups in total. The van der Waals surface area contributed by atoms with Crippen LogP contribution in [0.1, 0.15) is 71.1 Å². The number of unbranched alkanes of at least 4 members (excludes halogenated alkanes) is 9. The molecule has 0 atom stereocenters. The Morgan fingerprint density at radius 2 is 1.33 bits per heavy atom. The maximum absolute atomic E-state index is 10.8. The van der Waals surface area contributed by atoms with Gasteiger partial charge >= 0.3 is 5.97 Å². The zero-order valence-electron chi connectivity index (χ0n) is 11.6. The average molecular weight is 324 g/mol. The molecular weight excluding hydrogens is 296 g/mol. The van der Waals surface area contributed by atoms with Crippen molar-refractivity contribution in [2.45, 2.75) is 71.1 Å². The van der Waals surface area contributed by atoms with Gasteiger partial charge in [-0.1, -0.05) is 64.7 Å². The molecule has 0 heterocycles. The van der Waals surface area contributed by atoms with Crippen molar-refractivity contribution >= 4 is 18.6 Å². The van der Waals surface area contributed by atoms with Gasteiger partial charge in [0.2, 0.25) is 0 Å². The first-order valence-electron chi connectivity index (χ1n) is 7.07. The van der Waals surface area contributed by atoms with E-state index in [1.165, 1.54) is 57.8 Å². The Morgan fingerprint density at radius 1 is 0.889 bits per heavy atom. The molecule has 0 amide bonds. The minimum atomic E-state index is -0.204. The first kappa shape index (κ1) is 20.7. The van der Waals surface area contributed by atoms with Gasteiger partial charge in [-0.25, -0.2) is 0 Å². The van der Waals surface area contributed by atoms with E-state index < -0.39 is 0 Å². The molecule has 0 saturated carbocycles. The van der Waals surface area contributed by atoms with Crippen LogP contribution in [0.3, 0.4) is 0 Å². The van der Waals surface area contributed by atoms with Crippen molar-refractivity contribution in [3.05, 3.63) is 0 Å². The number of esters is 1. The minimum Gasteiger partial charge on any atom is -0.465 e. The molecule has 18 heavy (non-hydrogen) atoms. The molecule has 0 spiro atoms. The predicted molar refractivity (Wildman–Crippen MR) is 76.7 cm³/mol. The molecule has 0 unspecified atom stereocenters. The van der Waals surface area contributed by atoms with Crippen molar-refractivity contribution in [1.29, 1.82) is 0 Å². The summed E-state index contributed by atoms with van der Waals surface area (Å²) in [5, 5.41) is 0. The summed E-state index contributed by atoms with van der Waals surface area (Å²) in [6.07, 6.45) is 13.0. The number of carbonyl (C=O) groups excluding carboxylic acids is 1. The van der Waals surface area contributed by atoms with Crippen molar-refractivity contribution in [2.75, 3.05) is 12.4 Å². The van der Waals surface area contributed by atoms with E-state index in [1.807, 2.05) is 0 Å². The Hall–Kier alpha value is 0.339. The third kappa shape index (κ3) is 16.3. The number of ether oxygens (including phenoxy) is 1. The molecule has 0 aliphatic heterocycles. The molecule has 0 fully saturated rings. The summed E-state index contributed by atoms with van der Waals surface area (Å²) in [5.74, 6) is -0.0122. The van der Waals surface area contributed by atoms with Crippen molar-refractivity contribution in [2.24, 2.45) is 0 Å². The van der Waals surface area contributed by atoms with Crippen LogP contribution in [0.5, 0.6) is 0 Å². The van der Waals surface area contributed by atoms with Gasteiger partial charge in [-0.15, -0.1) is 0 Å². The maximum atomic E-state index is 10.8. The fraction of sp³-hybridized carbons (Fsp3) is 0.929.